The van der Waals surface area contributed by atoms with E-state index in [2.05, 4.69) is 44.2 Å². The summed E-state index contributed by atoms with van der Waals surface area (Å²) in [5, 5.41) is 72.1. The third-order valence-corrected chi connectivity index (χ3v) is 12.6. The van der Waals surface area contributed by atoms with E-state index in [1.54, 1.807) is 0 Å². The summed E-state index contributed by atoms with van der Waals surface area (Å²) in [6, 6.07) is 0. The number of carbonyl (C=O) groups excluding carboxylic acids is 2. The number of aliphatic hydroxyl groups excluding tert-OH is 7. The summed E-state index contributed by atoms with van der Waals surface area (Å²) in [6.07, 6.45) is 26.1. The van der Waals surface area contributed by atoms with Gasteiger partial charge in [0.25, 0.3) is 0 Å². The van der Waals surface area contributed by atoms with Crippen molar-refractivity contribution in [2.75, 3.05) is 26.4 Å². The van der Waals surface area contributed by atoms with E-state index in [-0.39, 0.29) is 19.4 Å². The number of unbranched alkanes of at least 4 members (excludes halogenated alkanes) is 21. The molecule has 2 saturated heterocycles. The molecule has 11 atom stereocenters. The molecule has 0 saturated carbocycles. The predicted molar refractivity (Wildman–Crippen MR) is 261 cm³/mol. The molecule has 2 aliphatic rings. The Bertz CT molecular complexity index is 1330. The van der Waals surface area contributed by atoms with Gasteiger partial charge in [0.2, 0.25) is 0 Å². The van der Waals surface area contributed by atoms with E-state index in [4.69, 9.17) is 28.4 Å². The number of hydrogen-bond donors (Lipinski definition) is 7. The van der Waals surface area contributed by atoms with Gasteiger partial charge in [-0.15, -0.1) is 0 Å². The molecule has 68 heavy (non-hydrogen) atoms. The van der Waals surface area contributed by atoms with Gasteiger partial charge in [0.05, 0.1) is 19.8 Å². The molecule has 2 fully saturated rings. The topological polar surface area (TPSA) is 231 Å². The minimum absolute atomic E-state index is 0.100. The number of allylic oxidation sites excluding steroid dienone is 6. The largest absolute Gasteiger partial charge is 0.462 e. The normalized spacial score (nSPS) is 26.0. The van der Waals surface area contributed by atoms with Crippen molar-refractivity contribution in [3.8, 4) is 0 Å². The van der Waals surface area contributed by atoms with Crippen molar-refractivity contribution in [3.05, 3.63) is 36.5 Å². The van der Waals surface area contributed by atoms with Crippen LogP contribution in [0.15, 0.2) is 36.5 Å². The molecule has 2 heterocycles. The van der Waals surface area contributed by atoms with Crippen LogP contribution in [-0.2, 0) is 38.0 Å². The highest BCUT2D eigenvalue weighted by Crippen LogP contribution is 2.26. The molecule has 396 valence electrons. The monoisotopic (exact) mass is 971 g/mol. The average molecular weight is 971 g/mol. The second-order valence-corrected chi connectivity index (χ2v) is 18.7. The van der Waals surface area contributed by atoms with Crippen LogP contribution in [0.25, 0.3) is 0 Å². The van der Waals surface area contributed by atoms with Crippen LogP contribution >= 0.6 is 0 Å². The van der Waals surface area contributed by atoms with E-state index in [1.165, 1.54) is 96.3 Å². The summed E-state index contributed by atoms with van der Waals surface area (Å²) in [6.45, 7) is 2.54. The van der Waals surface area contributed by atoms with Gasteiger partial charge >= 0.3 is 11.9 Å². The van der Waals surface area contributed by atoms with Crippen LogP contribution in [0, 0.1) is 0 Å². The SMILES string of the molecule is CCCCCCCC/C=C/CCCCCCCC(=O)OC[C@H](CO[C@H]1O[C@@H](CO[C@H]2O[C@@H](CO)[C@@H](O)C(O)C2O)[C@@H](O)C(O)C1O)OC(=O)CCC/C=C/C/C=C/CCCCCCCCCCC. The van der Waals surface area contributed by atoms with Gasteiger partial charge in [-0.3, -0.25) is 9.59 Å². The van der Waals surface area contributed by atoms with Gasteiger partial charge in [0, 0.05) is 12.8 Å². The molecule has 0 aromatic heterocycles. The van der Waals surface area contributed by atoms with Gasteiger partial charge in [-0.25, -0.2) is 0 Å². The van der Waals surface area contributed by atoms with E-state index in [0.717, 1.165) is 51.4 Å². The van der Waals surface area contributed by atoms with E-state index < -0.39 is 99.3 Å². The quantitative estimate of drug-likeness (QED) is 0.0177. The number of aliphatic hydroxyl groups is 7. The Kier molecular flexibility index (Phi) is 36.7. The first-order chi connectivity index (χ1) is 33.0. The van der Waals surface area contributed by atoms with Crippen LogP contribution in [-0.4, -0.2) is 142 Å². The summed E-state index contributed by atoms with van der Waals surface area (Å²) in [7, 11) is 0. The Morgan fingerprint density at radius 1 is 0.471 bits per heavy atom. The van der Waals surface area contributed by atoms with Gasteiger partial charge in [-0.05, 0) is 64.2 Å². The third-order valence-electron chi connectivity index (χ3n) is 12.6. The van der Waals surface area contributed by atoms with Crippen molar-refractivity contribution in [1.82, 2.24) is 0 Å². The van der Waals surface area contributed by atoms with Gasteiger partial charge in [0.15, 0.2) is 18.7 Å². The number of esters is 2. The van der Waals surface area contributed by atoms with Crippen LogP contribution < -0.4 is 0 Å². The zero-order valence-electron chi connectivity index (χ0n) is 41.8. The average Bonchev–Trinajstić information content (AvgIpc) is 3.33. The van der Waals surface area contributed by atoms with Crippen molar-refractivity contribution in [1.29, 1.82) is 0 Å². The molecule has 4 unspecified atom stereocenters. The lowest BCUT2D eigenvalue weighted by Gasteiger charge is -2.42. The van der Waals surface area contributed by atoms with Gasteiger partial charge in [-0.1, -0.05) is 153 Å². The Labute approximate surface area is 408 Å². The molecule has 2 rings (SSSR count). The van der Waals surface area contributed by atoms with Crippen LogP contribution in [0.3, 0.4) is 0 Å². The number of hydrogen-bond acceptors (Lipinski definition) is 15. The molecule has 7 N–H and O–H groups in total. The number of rotatable bonds is 41. The molecule has 0 aliphatic carbocycles. The molecular weight excluding hydrogens is 877 g/mol. The fourth-order valence-electron chi connectivity index (χ4n) is 8.19. The Balaban J connectivity index is 1.82. The third kappa shape index (κ3) is 27.9. The number of ether oxygens (including phenoxy) is 6. The Morgan fingerprint density at radius 3 is 1.43 bits per heavy atom. The molecule has 0 spiro atoms. The van der Waals surface area contributed by atoms with Crippen LogP contribution in [0.2, 0.25) is 0 Å². The fraction of sp³-hybridized carbons (Fsp3) is 0.849. The maximum absolute atomic E-state index is 13.0. The summed E-state index contributed by atoms with van der Waals surface area (Å²) in [5.74, 6) is -0.985. The first-order valence-electron chi connectivity index (χ1n) is 26.6. The molecule has 15 nitrogen and oxygen atoms in total. The summed E-state index contributed by atoms with van der Waals surface area (Å²) in [4.78, 5) is 25.8. The van der Waals surface area contributed by atoms with Crippen molar-refractivity contribution in [2.24, 2.45) is 0 Å². The first-order valence-corrected chi connectivity index (χ1v) is 26.6. The van der Waals surface area contributed by atoms with E-state index in [1.807, 2.05) is 6.08 Å². The molecular formula is C53H94O15. The van der Waals surface area contributed by atoms with Gasteiger partial charge in [-0.2, -0.15) is 0 Å². The number of carbonyl (C=O) groups is 2. The van der Waals surface area contributed by atoms with E-state index >= 15 is 0 Å². The maximum atomic E-state index is 13.0. The zero-order valence-corrected chi connectivity index (χ0v) is 41.8. The summed E-state index contributed by atoms with van der Waals surface area (Å²) < 4.78 is 33.5. The lowest BCUT2D eigenvalue weighted by atomic mass is 9.98. The van der Waals surface area contributed by atoms with Crippen LogP contribution in [0.1, 0.15) is 194 Å². The second-order valence-electron chi connectivity index (χ2n) is 18.7. The van der Waals surface area contributed by atoms with Crippen LogP contribution in [0.4, 0.5) is 0 Å². The second kappa shape index (κ2) is 40.3. The highest BCUT2D eigenvalue weighted by Gasteiger charge is 2.47. The lowest BCUT2D eigenvalue weighted by Crippen LogP contribution is -2.61. The standard InChI is InChI=1S/C53H94O15/c1-3-5-7-9-11-13-15-17-19-20-22-24-26-28-30-32-34-36-45(56)66-41(38-63-44(55)35-33-31-29-27-25-23-21-18-16-14-12-10-8-6-4-2)39-64-52-51(62)49(60)47(58)43(68-52)40-65-53-50(61)48(59)46(57)42(37-54)67-53/h18,21-22,24,28,30,41-43,46-54,57-62H,3-17,19-20,23,25-27,29,31-40H2,1-2H3/b21-18+,24-22+,30-28+/t41-,42+,43+,46-,47-,48?,49?,50?,51?,52+,53+/m1/s1. The summed E-state index contributed by atoms with van der Waals surface area (Å²) in [5.41, 5.74) is 0. The minimum atomic E-state index is -1.77. The molecule has 0 bridgehead atoms. The molecule has 0 amide bonds. The first kappa shape index (κ1) is 61.8. The Morgan fingerprint density at radius 2 is 0.897 bits per heavy atom. The Hall–Kier alpha value is -2.28. The highest BCUT2D eigenvalue weighted by molar-refractivity contribution is 5.70. The van der Waals surface area contributed by atoms with Gasteiger partial charge in [0.1, 0.15) is 55.4 Å². The fourth-order valence-corrected chi connectivity index (χ4v) is 8.19. The van der Waals surface area contributed by atoms with Gasteiger partial charge < -0.3 is 64.2 Å². The van der Waals surface area contributed by atoms with Crippen LogP contribution in [0.5, 0.6) is 0 Å². The minimum Gasteiger partial charge on any atom is -0.462 e. The smallest absolute Gasteiger partial charge is 0.306 e. The van der Waals surface area contributed by atoms with E-state index in [9.17, 15) is 45.3 Å². The maximum Gasteiger partial charge on any atom is 0.306 e. The highest BCUT2D eigenvalue weighted by atomic mass is 16.7. The lowest BCUT2D eigenvalue weighted by molar-refractivity contribution is -0.332. The van der Waals surface area contributed by atoms with Crippen molar-refractivity contribution in [3.63, 3.8) is 0 Å². The predicted octanol–water partition coefficient (Wildman–Crippen LogP) is 7.71. The molecule has 15 heteroatoms. The van der Waals surface area contributed by atoms with Crippen molar-refractivity contribution in [2.45, 2.75) is 261 Å². The molecule has 0 aromatic rings. The zero-order chi connectivity index (χ0) is 49.6. The molecule has 0 aromatic carbocycles. The molecule has 2 aliphatic heterocycles. The van der Waals surface area contributed by atoms with Crippen molar-refractivity contribution < 1.29 is 73.8 Å². The van der Waals surface area contributed by atoms with E-state index in [0.29, 0.717) is 19.3 Å². The molecule has 0 radical (unpaired) electrons. The van der Waals surface area contributed by atoms with Crippen molar-refractivity contribution >= 4 is 11.9 Å². The summed E-state index contributed by atoms with van der Waals surface area (Å²) >= 11 is 0.